The van der Waals surface area contributed by atoms with E-state index in [1.165, 1.54) is 0 Å². The van der Waals surface area contributed by atoms with E-state index in [1.807, 2.05) is 19.0 Å². The van der Waals surface area contributed by atoms with E-state index in [0.717, 1.165) is 6.54 Å². The predicted octanol–water partition coefficient (Wildman–Crippen LogP) is 2.75. The van der Waals surface area contributed by atoms with E-state index in [2.05, 4.69) is 0 Å². The van der Waals surface area contributed by atoms with Crippen molar-refractivity contribution in [1.29, 1.82) is 0 Å². The van der Waals surface area contributed by atoms with Crippen LogP contribution in [0.1, 0.15) is 10.4 Å². The molecule has 0 atom stereocenters. The first-order chi connectivity index (χ1) is 7.56. The number of ether oxygens (including phenoxy) is 1. The van der Waals surface area contributed by atoms with Crippen LogP contribution >= 0.6 is 23.2 Å². The van der Waals surface area contributed by atoms with Gasteiger partial charge < -0.3 is 9.64 Å². The molecule has 1 rings (SSSR count). The zero-order chi connectivity index (χ0) is 12.1. The van der Waals surface area contributed by atoms with Crippen LogP contribution in [0.15, 0.2) is 12.1 Å². The van der Waals surface area contributed by atoms with Crippen LogP contribution in [0, 0.1) is 0 Å². The van der Waals surface area contributed by atoms with Crippen molar-refractivity contribution < 1.29 is 9.53 Å². The highest BCUT2D eigenvalue weighted by Gasteiger charge is 2.10. The quantitative estimate of drug-likeness (QED) is 0.764. The van der Waals surface area contributed by atoms with Gasteiger partial charge in [0.15, 0.2) is 6.29 Å². The molecule has 0 heterocycles. The Morgan fingerprint density at radius 1 is 1.38 bits per heavy atom. The van der Waals surface area contributed by atoms with E-state index in [-0.39, 0.29) is 10.6 Å². The Morgan fingerprint density at radius 3 is 2.62 bits per heavy atom. The molecule has 0 spiro atoms. The van der Waals surface area contributed by atoms with Gasteiger partial charge >= 0.3 is 0 Å². The van der Waals surface area contributed by atoms with Gasteiger partial charge in [-0.05, 0) is 26.2 Å². The van der Waals surface area contributed by atoms with E-state index in [9.17, 15) is 4.79 Å². The number of carbonyl (C=O) groups excluding carboxylic acids is 1. The van der Waals surface area contributed by atoms with Gasteiger partial charge in [-0.2, -0.15) is 0 Å². The first kappa shape index (κ1) is 13.3. The Morgan fingerprint density at radius 2 is 2.06 bits per heavy atom. The van der Waals surface area contributed by atoms with Gasteiger partial charge in [-0.3, -0.25) is 4.79 Å². The van der Waals surface area contributed by atoms with Crippen molar-refractivity contribution in [2.45, 2.75) is 0 Å². The molecular formula is C11H13Cl2NO2. The van der Waals surface area contributed by atoms with Crippen LogP contribution in [0.2, 0.25) is 10.0 Å². The first-order valence-electron chi connectivity index (χ1n) is 4.77. The van der Waals surface area contributed by atoms with E-state index >= 15 is 0 Å². The molecule has 0 N–H and O–H groups in total. The molecule has 0 radical (unpaired) electrons. The number of benzene rings is 1. The fourth-order valence-electron chi connectivity index (χ4n) is 1.11. The number of likely N-dealkylation sites (N-methyl/N-ethyl adjacent to an activating group) is 1. The molecule has 88 valence electrons. The largest absolute Gasteiger partial charge is 0.491 e. The second-order valence-corrected chi connectivity index (χ2v) is 4.33. The summed E-state index contributed by atoms with van der Waals surface area (Å²) in [4.78, 5) is 12.7. The van der Waals surface area contributed by atoms with Crippen LogP contribution in [-0.2, 0) is 0 Å². The minimum absolute atomic E-state index is 0.265. The van der Waals surface area contributed by atoms with Crippen molar-refractivity contribution in [3.8, 4) is 5.75 Å². The summed E-state index contributed by atoms with van der Waals surface area (Å²) < 4.78 is 5.45. The molecule has 0 aliphatic heterocycles. The van der Waals surface area contributed by atoms with Gasteiger partial charge in [0.25, 0.3) is 0 Å². The standard InChI is InChI=1S/C11H13Cl2NO2/c1-14(2)5-6-16-10-4-3-9(12)8(7-15)11(10)13/h3-4,7H,5-6H2,1-2H3. The van der Waals surface area contributed by atoms with Gasteiger partial charge in [-0.15, -0.1) is 0 Å². The Balaban J connectivity index is 2.77. The minimum Gasteiger partial charge on any atom is -0.491 e. The lowest BCUT2D eigenvalue weighted by Gasteiger charge is -2.13. The van der Waals surface area contributed by atoms with E-state index in [0.29, 0.717) is 23.7 Å². The van der Waals surface area contributed by atoms with Crippen LogP contribution in [0.3, 0.4) is 0 Å². The van der Waals surface area contributed by atoms with E-state index in [1.54, 1.807) is 12.1 Å². The maximum Gasteiger partial charge on any atom is 0.153 e. The fourth-order valence-corrected chi connectivity index (χ4v) is 1.62. The summed E-state index contributed by atoms with van der Waals surface area (Å²) in [7, 11) is 3.90. The van der Waals surface area contributed by atoms with Crippen LogP contribution < -0.4 is 4.74 Å². The van der Waals surface area contributed by atoms with Crippen molar-refractivity contribution >= 4 is 29.5 Å². The number of halogens is 2. The van der Waals surface area contributed by atoms with Gasteiger partial charge in [0.05, 0.1) is 15.6 Å². The summed E-state index contributed by atoms with van der Waals surface area (Å²) >= 11 is 11.8. The summed E-state index contributed by atoms with van der Waals surface area (Å²) in [5.41, 5.74) is 0.269. The molecule has 0 aliphatic rings. The monoisotopic (exact) mass is 261 g/mol. The third-order valence-electron chi connectivity index (χ3n) is 2.01. The number of aldehydes is 1. The molecular weight excluding hydrogens is 249 g/mol. The lowest BCUT2D eigenvalue weighted by Crippen LogP contribution is -2.19. The average Bonchev–Trinajstić information content (AvgIpc) is 2.22. The van der Waals surface area contributed by atoms with Gasteiger partial charge in [0.2, 0.25) is 0 Å². The van der Waals surface area contributed by atoms with Crippen LogP contribution in [0.25, 0.3) is 0 Å². The lowest BCUT2D eigenvalue weighted by molar-refractivity contribution is 0.112. The van der Waals surface area contributed by atoms with Crippen molar-refractivity contribution in [2.24, 2.45) is 0 Å². The van der Waals surface area contributed by atoms with Crippen molar-refractivity contribution in [3.63, 3.8) is 0 Å². The zero-order valence-electron chi connectivity index (χ0n) is 9.17. The SMILES string of the molecule is CN(C)CCOc1ccc(Cl)c(C=O)c1Cl. The van der Waals surface area contributed by atoms with E-state index < -0.39 is 0 Å². The smallest absolute Gasteiger partial charge is 0.153 e. The molecule has 0 fully saturated rings. The first-order valence-corrected chi connectivity index (χ1v) is 5.52. The summed E-state index contributed by atoms with van der Waals surface area (Å²) in [6.45, 7) is 1.28. The number of nitrogens with zero attached hydrogens (tertiary/aromatic N) is 1. The van der Waals surface area contributed by atoms with E-state index in [4.69, 9.17) is 27.9 Å². The normalized spacial score (nSPS) is 10.6. The minimum atomic E-state index is 0.265. The highest BCUT2D eigenvalue weighted by molar-refractivity contribution is 6.39. The van der Waals surface area contributed by atoms with Crippen LogP contribution in [-0.4, -0.2) is 38.4 Å². The zero-order valence-corrected chi connectivity index (χ0v) is 10.7. The number of hydrogen-bond acceptors (Lipinski definition) is 3. The second kappa shape index (κ2) is 6.09. The third-order valence-corrected chi connectivity index (χ3v) is 2.72. The second-order valence-electron chi connectivity index (χ2n) is 3.54. The number of hydrogen-bond donors (Lipinski definition) is 0. The predicted molar refractivity (Wildman–Crippen MR) is 65.9 cm³/mol. The fraction of sp³-hybridized carbons (Fsp3) is 0.364. The molecule has 5 heteroatoms. The summed E-state index contributed by atoms with van der Waals surface area (Å²) in [6, 6.07) is 3.26. The van der Waals surface area contributed by atoms with Crippen molar-refractivity contribution in [3.05, 3.63) is 27.7 Å². The van der Waals surface area contributed by atoms with Gasteiger partial charge in [0.1, 0.15) is 12.4 Å². The maximum absolute atomic E-state index is 10.7. The molecule has 0 saturated carbocycles. The average molecular weight is 262 g/mol. The molecule has 0 saturated heterocycles. The number of carbonyl (C=O) groups is 1. The van der Waals surface area contributed by atoms with Gasteiger partial charge in [-0.1, -0.05) is 23.2 Å². The Hall–Kier alpha value is -0.770. The Labute approximate surface area is 105 Å². The maximum atomic E-state index is 10.7. The molecule has 0 aliphatic carbocycles. The summed E-state index contributed by atoms with van der Waals surface area (Å²) in [5.74, 6) is 0.481. The Bertz CT molecular complexity index is 380. The molecule has 3 nitrogen and oxygen atoms in total. The molecule has 0 amide bonds. The van der Waals surface area contributed by atoms with Gasteiger partial charge in [0, 0.05) is 6.54 Å². The Kier molecular flexibility index (Phi) is 5.06. The van der Waals surface area contributed by atoms with Gasteiger partial charge in [-0.25, -0.2) is 0 Å². The van der Waals surface area contributed by atoms with Crippen molar-refractivity contribution in [1.82, 2.24) is 4.90 Å². The molecule has 1 aromatic carbocycles. The molecule has 0 bridgehead atoms. The summed E-state index contributed by atoms with van der Waals surface area (Å²) in [5, 5.41) is 0.598. The molecule has 0 unspecified atom stereocenters. The highest BCUT2D eigenvalue weighted by atomic mass is 35.5. The lowest BCUT2D eigenvalue weighted by atomic mass is 10.2. The molecule has 0 aromatic heterocycles. The summed E-state index contributed by atoms with van der Waals surface area (Å²) in [6.07, 6.45) is 0.628. The van der Waals surface area contributed by atoms with Crippen LogP contribution in [0.5, 0.6) is 5.75 Å². The third kappa shape index (κ3) is 3.37. The molecule has 16 heavy (non-hydrogen) atoms. The topological polar surface area (TPSA) is 29.5 Å². The van der Waals surface area contributed by atoms with Crippen LogP contribution in [0.4, 0.5) is 0 Å². The van der Waals surface area contributed by atoms with Crippen molar-refractivity contribution in [2.75, 3.05) is 27.2 Å². The molecule has 1 aromatic rings. The number of rotatable bonds is 5. The highest BCUT2D eigenvalue weighted by Crippen LogP contribution is 2.32.